The van der Waals surface area contributed by atoms with Gasteiger partial charge in [-0.05, 0) is 57.1 Å². The van der Waals surface area contributed by atoms with Crippen LogP contribution in [0.15, 0.2) is 18.2 Å². The van der Waals surface area contributed by atoms with E-state index in [0.29, 0.717) is 27.4 Å². The molecule has 1 aliphatic carbocycles. The molecule has 4 rings (SSSR count). The molecular formula is C19H20Cl2N6OS. The number of amides is 1. The lowest BCUT2D eigenvalue weighted by atomic mass is 10.1. The number of nitrogens with zero attached hydrogens (tertiary/aromatic N) is 4. The molecule has 29 heavy (non-hydrogen) atoms. The maximum absolute atomic E-state index is 12.6. The highest BCUT2D eigenvalue weighted by Gasteiger charge is 2.27. The average Bonchev–Trinajstić information content (AvgIpc) is 3.40. The number of H-pyrrole nitrogens is 1. The van der Waals surface area contributed by atoms with Crippen molar-refractivity contribution in [3.05, 3.63) is 55.8 Å². The minimum Gasteiger partial charge on any atom is -0.349 e. The van der Waals surface area contributed by atoms with Crippen LogP contribution in [0.5, 0.6) is 0 Å². The molecule has 152 valence electrons. The molecule has 1 aromatic carbocycles. The van der Waals surface area contributed by atoms with E-state index < -0.39 is 0 Å². The molecule has 0 atom stereocenters. The number of benzene rings is 1. The summed E-state index contributed by atoms with van der Waals surface area (Å²) >= 11 is 17.4. The number of rotatable bonds is 6. The maximum Gasteiger partial charge on any atom is 0.224 e. The standard InChI is InChI=1S/C19H20Cl2N6OS/c1-10-14(11(2)27(25-10)13-5-6-15(20)16(21)7-13)8-18(28)22-9-17-23-24-19(29)26(17)12-3-4-12/h5-7,12H,3-4,8-9H2,1-2H3,(H,22,28)(H,24,29). The van der Waals surface area contributed by atoms with Gasteiger partial charge in [-0.1, -0.05) is 23.2 Å². The molecule has 1 fully saturated rings. The highest BCUT2D eigenvalue weighted by molar-refractivity contribution is 7.71. The van der Waals surface area contributed by atoms with Crippen LogP contribution in [0.1, 0.15) is 41.7 Å². The summed E-state index contributed by atoms with van der Waals surface area (Å²) in [7, 11) is 0. The summed E-state index contributed by atoms with van der Waals surface area (Å²) in [5.74, 6) is 0.659. The smallest absolute Gasteiger partial charge is 0.224 e. The van der Waals surface area contributed by atoms with E-state index in [1.807, 2.05) is 24.5 Å². The van der Waals surface area contributed by atoms with Crippen molar-refractivity contribution < 1.29 is 4.79 Å². The Balaban J connectivity index is 1.48. The molecule has 2 aromatic heterocycles. The van der Waals surface area contributed by atoms with Gasteiger partial charge in [-0.25, -0.2) is 4.68 Å². The van der Waals surface area contributed by atoms with Gasteiger partial charge in [0.1, 0.15) is 0 Å². The quantitative estimate of drug-likeness (QED) is 0.550. The minimum absolute atomic E-state index is 0.0962. The first-order valence-electron chi connectivity index (χ1n) is 9.28. The Kier molecular flexibility index (Phi) is 5.50. The molecule has 1 saturated carbocycles. The number of hydrogen-bond acceptors (Lipinski definition) is 4. The van der Waals surface area contributed by atoms with Gasteiger partial charge < -0.3 is 5.32 Å². The first-order valence-corrected chi connectivity index (χ1v) is 10.4. The largest absolute Gasteiger partial charge is 0.349 e. The first kappa shape index (κ1) is 20.1. The number of carbonyl (C=O) groups excluding carboxylic acids is 1. The predicted molar refractivity (Wildman–Crippen MR) is 114 cm³/mol. The van der Waals surface area contributed by atoms with Crippen molar-refractivity contribution in [1.82, 2.24) is 29.9 Å². The summed E-state index contributed by atoms with van der Waals surface area (Å²) in [6, 6.07) is 5.74. The Morgan fingerprint density at radius 2 is 2.07 bits per heavy atom. The third kappa shape index (κ3) is 4.10. The van der Waals surface area contributed by atoms with Crippen molar-refractivity contribution in [3.8, 4) is 5.69 Å². The van der Waals surface area contributed by atoms with Gasteiger partial charge in [0, 0.05) is 17.3 Å². The van der Waals surface area contributed by atoms with Crippen molar-refractivity contribution in [1.29, 1.82) is 0 Å². The number of aryl methyl sites for hydroxylation is 1. The number of nitrogens with one attached hydrogen (secondary N) is 2. The Hall–Kier alpha value is -2.16. The van der Waals surface area contributed by atoms with Gasteiger partial charge in [-0.15, -0.1) is 0 Å². The van der Waals surface area contributed by atoms with Crippen LogP contribution in [-0.2, 0) is 17.8 Å². The first-order chi connectivity index (χ1) is 13.8. The Morgan fingerprint density at radius 1 is 1.31 bits per heavy atom. The Labute approximate surface area is 183 Å². The Bertz CT molecular complexity index is 1140. The Morgan fingerprint density at radius 3 is 2.76 bits per heavy atom. The van der Waals surface area contributed by atoms with Crippen molar-refractivity contribution in [2.45, 2.75) is 45.7 Å². The van der Waals surface area contributed by atoms with Gasteiger partial charge in [0.15, 0.2) is 10.6 Å². The molecule has 10 heteroatoms. The van der Waals surface area contributed by atoms with Crippen LogP contribution in [-0.4, -0.2) is 30.5 Å². The van der Waals surface area contributed by atoms with Crippen molar-refractivity contribution in [2.75, 3.05) is 0 Å². The fraction of sp³-hybridized carbons (Fsp3) is 0.368. The van der Waals surface area contributed by atoms with E-state index in [0.717, 1.165) is 41.3 Å². The van der Waals surface area contributed by atoms with Crippen molar-refractivity contribution >= 4 is 41.3 Å². The summed E-state index contributed by atoms with van der Waals surface area (Å²) in [6.45, 7) is 4.16. The molecule has 1 aliphatic rings. The van der Waals surface area contributed by atoms with E-state index in [1.165, 1.54) is 0 Å². The normalized spacial score (nSPS) is 13.7. The SMILES string of the molecule is Cc1nn(-c2ccc(Cl)c(Cl)c2)c(C)c1CC(=O)NCc1n[nH]c(=S)n1C1CC1. The van der Waals surface area contributed by atoms with Crippen LogP contribution in [0.3, 0.4) is 0 Å². The summed E-state index contributed by atoms with van der Waals surface area (Å²) < 4.78 is 4.37. The molecule has 2 heterocycles. The van der Waals surface area contributed by atoms with E-state index in [-0.39, 0.29) is 12.3 Å². The molecule has 0 bridgehead atoms. The van der Waals surface area contributed by atoms with Gasteiger partial charge in [0.25, 0.3) is 0 Å². The second kappa shape index (κ2) is 7.93. The highest BCUT2D eigenvalue weighted by Crippen LogP contribution is 2.35. The van der Waals surface area contributed by atoms with Crippen LogP contribution in [0, 0.1) is 18.6 Å². The van der Waals surface area contributed by atoms with E-state index >= 15 is 0 Å². The zero-order chi connectivity index (χ0) is 20.7. The molecule has 2 N–H and O–H groups in total. The van der Waals surface area contributed by atoms with E-state index in [4.69, 9.17) is 35.4 Å². The lowest BCUT2D eigenvalue weighted by Crippen LogP contribution is -2.26. The van der Waals surface area contributed by atoms with Crippen molar-refractivity contribution in [3.63, 3.8) is 0 Å². The van der Waals surface area contributed by atoms with Gasteiger partial charge in [-0.3, -0.25) is 14.5 Å². The molecule has 0 unspecified atom stereocenters. The number of halogens is 2. The van der Waals surface area contributed by atoms with Crippen LogP contribution in [0.25, 0.3) is 5.69 Å². The fourth-order valence-electron chi connectivity index (χ4n) is 3.37. The summed E-state index contributed by atoms with van der Waals surface area (Å²) in [6.07, 6.45) is 2.43. The average molecular weight is 451 g/mol. The van der Waals surface area contributed by atoms with Crippen molar-refractivity contribution in [2.24, 2.45) is 0 Å². The molecule has 0 spiro atoms. The van der Waals surface area contributed by atoms with Crippen LogP contribution in [0.4, 0.5) is 0 Å². The third-order valence-electron chi connectivity index (χ3n) is 5.06. The molecule has 0 aliphatic heterocycles. The summed E-state index contributed by atoms with van der Waals surface area (Å²) in [5.41, 5.74) is 3.36. The maximum atomic E-state index is 12.6. The van der Waals surface area contributed by atoms with Gasteiger partial charge in [-0.2, -0.15) is 10.2 Å². The topological polar surface area (TPSA) is 80.5 Å². The number of carbonyl (C=O) groups is 1. The zero-order valence-electron chi connectivity index (χ0n) is 16.0. The zero-order valence-corrected chi connectivity index (χ0v) is 18.3. The second-order valence-corrected chi connectivity index (χ2v) is 8.36. The molecule has 3 aromatic rings. The number of aromatic nitrogens is 5. The number of hydrogen-bond donors (Lipinski definition) is 2. The molecule has 7 nitrogen and oxygen atoms in total. The molecule has 0 saturated heterocycles. The third-order valence-corrected chi connectivity index (χ3v) is 6.09. The predicted octanol–water partition coefficient (Wildman–Crippen LogP) is 4.24. The van der Waals surface area contributed by atoms with E-state index in [2.05, 4.69) is 20.6 Å². The van der Waals surface area contributed by atoms with Crippen LogP contribution in [0.2, 0.25) is 10.0 Å². The summed E-state index contributed by atoms with van der Waals surface area (Å²) in [5, 5.41) is 15.5. The summed E-state index contributed by atoms with van der Waals surface area (Å²) in [4.78, 5) is 12.6. The second-order valence-electron chi connectivity index (χ2n) is 7.16. The molecule has 0 radical (unpaired) electrons. The van der Waals surface area contributed by atoms with E-state index in [1.54, 1.807) is 16.8 Å². The van der Waals surface area contributed by atoms with Gasteiger partial charge in [0.2, 0.25) is 5.91 Å². The fourth-order valence-corrected chi connectivity index (χ4v) is 3.96. The number of aromatic amines is 1. The molecule has 1 amide bonds. The van der Waals surface area contributed by atoms with E-state index in [9.17, 15) is 4.79 Å². The monoisotopic (exact) mass is 450 g/mol. The van der Waals surface area contributed by atoms with Gasteiger partial charge in [0.05, 0.1) is 34.4 Å². The van der Waals surface area contributed by atoms with Crippen LogP contribution >= 0.6 is 35.4 Å². The van der Waals surface area contributed by atoms with Crippen LogP contribution < -0.4 is 5.32 Å². The lowest BCUT2D eigenvalue weighted by molar-refractivity contribution is -0.120. The minimum atomic E-state index is -0.0962. The molecular weight excluding hydrogens is 431 g/mol. The highest BCUT2D eigenvalue weighted by atomic mass is 35.5. The lowest BCUT2D eigenvalue weighted by Gasteiger charge is -2.08. The van der Waals surface area contributed by atoms with Gasteiger partial charge >= 0.3 is 0 Å².